The number of nitrogens with one attached hydrogen (secondary N) is 1. The lowest BCUT2D eigenvalue weighted by atomic mass is 10.2. The normalized spacial score (nSPS) is 20.0. The van der Waals surface area contributed by atoms with E-state index in [1.165, 1.54) is 4.31 Å². The van der Waals surface area contributed by atoms with E-state index in [-0.39, 0.29) is 0 Å². The van der Waals surface area contributed by atoms with Crippen LogP contribution < -0.4 is 13.9 Å². The molecule has 1 fully saturated rings. The van der Waals surface area contributed by atoms with E-state index >= 15 is 0 Å². The van der Waals surface area contributed by atoms with Gasteiger partial charge < -0.3 is 10.2 Å². The summed E-state index contributed by atoms with van der Waals surface area (Å²) < 4.78 is 29.6. The Hall–Kier alpha value is -2.09. The van der Waals surface area contributed by atoms with Gasteiger partial charge in [0.1, 0.15) is 0 Å². The standard InChI is InChI=1S/C19H24N4O2S/c24-26(25)22(16-15-21-13-6-11-20-12-14-21)18-9-4-5-10-19(18)23(26)17-7-2-1-3-8-17/h1-5,7-10,20H,6,11-16H2. The molecule has 1 saturated heterocycles. The van der Waals surface area contributed by atoms with Crippen LogP contribution in [-0.2, 0) is 10.2 Å². The summed E-state index contributed by atoms with van der Waals surface area (Å²) in [4.78, 5) is 2.34. The van der Waals surface area contributed by atoms with Crippen LogP contribution in [0.3, 0.4) is 0 Å². The molecule has 2 heterocycles. The fraction of sp³-hybridized carbons (Fsp3) is 0.368. The Morgan fingerprint density at radius 2 is 1.58 bits per heavy atom. The number of nitrogens with zero attached hydrogens (tertiary/aromatic N) is 3. The zero-order chi connectivity index (χ0) is 18.0. The van der Waals surface area contributed by atoms with Crippen molar-refractivity contribution in [3.05, 3.63) is 54.6 Å². The average Bonchev–Trinajstić information content (AvgIpc) is 2.81. The van der Waals surface area contributed by atoms with E-state index in [0.717, 1.165) is 50.5 Å². The smallest absolute Gasteiger partial charge is 0.315 e. The van der Waals surface area contributed by atoms with Gasteiger partial charge in [0.05, 0.1) is 17.1 Å². The SMILES string of the molecule is O=S1(=O)N(CCN2CCCNCC2)c2ccccc2N1c1ccccc1. The fourth-order valence-corrected chi connectivity index (χ4v) is 5.33. The Morgan fingerprint density at radius 3 is 2.38 bits per heavy atom. The first-order valence-corrected chi connectivity index (χ1v) is 10.5. The van der Waals surface area contributed by atoms with Gasteiger partial charge in [0.15, 0.2) is 0 Å². The number of rotatable bonds is 4. The molecule has 0 unspecified atom stereocenters. The monoisotopic (exact) mass is 372 g/mol. The predicted octanol–water partition coefficient (Wildman–Crippen LogP) is 2.18. The summed E-state index contributed by atoms with van der Waals surface area (Å²) in [5.41, 5.74) is 2.14. The molecule has 2 aliphatic heterocycles. The van der Waals surface area contributed by atoms with Crippen LogP contribution in [0.4, 0.5) is 17.1 Å². The summed E-state index contributed by atoms with van der Waals surface area (Å²) in [6.45, 7) is 5.14. The van der Waals surface area contributed by atoms with Crippen molar-refractivity contribution in [3.8, 4) is 0 Å². The summed E-state index contributed by atoms with van der Waals surface area (Å²) >= 11 is 0. The lowest BCUT2D eigenvalue weighted by molar-refractivity contribution is 0.301. The van der Waals surface area contributed by atoms with E-state index in [0.29, 0.717) is 12.2 Å². The van der Waals surface area contributed by atoms with Crippen molar-refractivity contribution in [2.24, 2.45) is 0 Å². The van der Waals surface area contributed by atoms with Crippen LogP contribution in [0.15, 0.2) is 54.6 Å². The molecule has 0 spiro atoms. The number of benzene rings is 2. The van der Waals surface area contributed by atoms with Gasteiger partial charge >= 0.3 is 10.2 Å². The Bertz CT molecular complexity index is 849. The van der Waals surface area contributed by atoms with Crippen LogP contribution in [0.2, 0.25) is 0 Å². The van der Waals surface area contributed by atoms with Gasteiger partial charge in [-0.1, -0.05) is 30.3 Å². The molecule has 1 N–H and O–H groups in total. The van der Waals surface area contributed by atoms with Crippen molar-refractivity contribution in [2.75, 3.05) is 47.9 Å². The molecule has 138 valence electrons. The Morgan fingerprint density at radius 1 is 0.846 bits per heavy atom. The average molecular weight is 372 g/mol. The molecular formula is C19H24N4O2S. The third-order valence-corrected chi connectivity index (χ3v) is 6.73. The van der Waals surface area contributed by atoms with Gasteiger partial charge in [-0.3, -0.25) is 0 Å². The topological polar surface area (TPSA) is 55.9 Å². The molecule has 0 aliphatic carbocycles. The van der Waals surface area contributed by atoms with Crippen molar-refractivity contribution in [1.29, 1.82) is 0 Å². The van der Waals surface area contributed by atoms with Crippen molar-refractivity contribution < 1.29 is 8.42 Å². The van der Waals surface area contributed by atoms with E-state index in [4.69, 9.17) is 0 Å². The van der Waals surface area contributed by atoms with Crippen LogP contribution >= 0.6 is 0 Å². The second kappa shape index (κ2) is 7.26. The maximum absolute atomic E-state index is 13.3. The van der Waals surface area contributed by atoms with Crippen molar-refractivity contribution in [3.63, 3.8) is 0 Å². The molecule has 2 aromatic rings. The van der Waals surface area contributed by atoms with E-state index in [9.17, 15) is 8.42 Å². The number of hydrogen-bond acceptors (Lipinski definition) is 4. The highest BCUT2D eigenvalue weighted by Crippen LogP contribution is 2.44. The summed E-state index contributed by atoms with van der Waals surface area (Å²) in [7, 11) is -3.63. The number of fused-ring (bicyclic) bond motifs is 1. The third kappa shape index (κ3) is 3.18. The Labute approximate surface area is 155 Å². The molecule has 2 aromatic carbocycles. The highest BCUT2D eigenvalue weighted by Gasteiger charge is 2.40. The van der Waals surface area contributed by atoms with Gasteiger partial charge in [-0.05, 0) is 43.8 Å². The molecule has 0 amide bonds. The molecule has 0 bridgehead atoms. The van der Waals surface area contributed by atoms with Gasteiger partial charge in [-0.25, -0.2) is 8.61 Å². The van der Waals surface area contributed by atoms with Gasteiger partial charge in [-0.2, -0.15) is 8.42 Å². The second-order valence-corrected chi connectivity index (χ2v) is 8.32. The minimum absolute atomic E-state index is 0.461. The van der Waals surface area contributed by atoms with Crippen LogP contribution in [-0.4, -0.2) is 52.6 Å². The summed E-state index contributed by atoms with van der Waals surface area (Å²) in [6, 6.07) is 16.8. The summed E-state index contributed by atoms with van der Waals surface area (Å²) in [5.74, 6) is 0. The zero-order valence-corrected chi connectivity index (χ0v) is 15.5. The summed E-state index contributed by atoms with van der Waals surface area (Å²) in [5, 5.41) is 3.38. The van der Waals surface area contributed by atoms with Crippen molar-refractivity contribution in [2.45, 2.75) is 6.42 Å². The van der Waals surface area contributed by atoms with Gasteiger partial charge in [-0.15, -0.1) is 0 Å². The van der Waals surface area contributed by atoms with Gasteiger partial charge in [0, 0.05) is 26.2 Å². The van der Waals surface area contributed by atoms with E-state index in [2.05, 4.69) is 10.2 Å². The van der Waals surface area contributed by atoms with Crippen molar-refractivity contribution >= 4 is 27.3 Å². The van der Waals surface area contributed by atoms with E-state index in [1.807, 2.05) is 54.6 Å². The molecule has 0 atom stereocenters. The fourth-order valence-electron chi connectivity index (χ4n) is 3.62. The minimum Gasteiger partial charge on any atom is -0.315 e. The van der Waals surface area contributed by atoms with Crippen LogP contribution in [0.25, 0.3) is 0 Å². The van der Waals surface area contributed by atoms with Gasteiger partial charge in [0.2, 0.25) is 0 Å². The molecule has 0 radical (unpaired) electrons. The van der Waals surface area contributed by atoms with Crippen LogP contribution in [0, 0.1) is 0 Å². The largest absolute Gasteiger partial charge is 0.331 e. The van der Waals surface area contributed by atoms with Crippen molar-refractivity contribution in [1.82, 2.24) is 10.2 Å². The predicted molar refractivity (Wildman–Crippen MR) is 105 cm³/mol. The first kappa shape index (κ1) is 17.3. The zero-order valence-electron chi connectivity index (χ0n) is 14.7. The molecule has 4 rings (SSSR count). The Kier molecular flexibility index (Phi) is 4.84. The summed E-state index contributed by atoms with van der Waals surface area (Å²) in [6.07, 6.45) is 1.10. The van der Waals surface area contributed by atoms with Crippen LogP contribution in [0.1, 0.15) is 6.42 Å². The van der Waals surface area contributed by atoms with Crippen LogP contribution in [0.5, 0.6) is 0 Å². The number of para-hydroxylation sites is 3. The number of anilines is 3. The molecule has 0 saturated carbocycles. The molecule has 6 nitrogen and oxygen atoms in total. The molecule has 7 heteroatoms. The second-order valence-electron chi connectivity index (χ2n) is 6.61. The molecule has 26 heavy (non-hydrogen) atoms. The molecule has 2 aliphatic rings. The Balaban J connectivity index is 1.63. The minimum atomic E-state index is -3.63. The van der Waals surface area contributed by atoms with Gasteiger partial charge in [0.25, 0.3) is 0 Å². The highest BCUT2D eigenvalue weighted by molar-refractivity contribution is 7.95. The quantitative estimate of drug-likeness (QED) is 0.894. The lowest BCUT2D eigenvalue weighted by Gasteiger charge is -2.25. The lowest BCUT2D eigenvalue weighted by Crippen LogP contribution is -2.41. The highest BCUT2D eigenvalue weighted by atomic mass is 32.2. The first-order chi connectivity index (χ1) is 12.7. The number of hydrogen-bond donors (Lipinski definition) is 1. The van der Waals surface area contributed by atoms with E-state index in [1.54, 1.807) is 4.31 Å². The molecule has 0 aromatic heterocycles. The van der Waals surface area contributed by atoms with E-state index < -0.39 is 10.2 Å². The third-order valence-electron chi connectivity index (χ3n) is 4.92. The maximum Gasteiger partial charge on any atom is 0.331 e. The first-order valence-electron chi connectivity index (χ1n) is 9.08. The molecular weight excluding hydrogens is 348 g/mol. The maximum atomic E-state index is 13.3.